The summed E-state index contributed by atoms with van der Waals surface area (Å²) in [7, 11) is 1.59. The lowest BCUT2D eigenvalue weighted by Crippen LogP contribution is -2.40. The van der Waals surface area contributed by atoms with E-state index in [-0.39, 0.29) is 12.2 Å². The number of thiazole rings is 1. The van der Waals surface area contributed by atoms with Gasteiger partial charge in [-0.2, -0.15) is 0 Å². The number of carbonyl (C=O) groups excluding carboxylic acids is 1. The molecule has 0 aliphatic carbocycles. The second-order valence-corrected chi connectivity index (χ2v) is 12.5. The zero-order chi connectivity index (χ0) is 31.7. The fraction of sp³-hybridized carbons (Fsp3) is 0.229. The first-order chi connectivity index (χ1) is 21.8. The van der Waals surface area contributed by atoms with Crippen LogP contribution in [0.15, 0.2) is 94.0 Å². The molecule has 10 heteroatoms. The fourth-order valence-corrected chi connectivity index (χ4v) is 7.08. The van der Waals surface area contributed by atoms with Gasteiger partial charge in [0.25, 0.3) is 5.56 Å². The van der Waals surface area contributed by atoms with Crippen LogP contribution in [-0.4, -0.2) is 28.8 Å². The van der Waals surface area contributed by atoms with E-state index in [0.717, 1.165) is 34.0 Å². The third-order valence-corrected chi connectivity index (χ3v) is 9.47. The van der Waals surface area contributed by atoms with Gasteiger partial charge in [-0.1, -0.05) is 84.3 Å². The lowest BCUT2D eigenvalue weighted by molar-refractivity contribution is -0.139. The highest BCUT2D eigenvalue weighted by Gasteiger charge is 2.34. The summed E-state index contributed by atoms with van der Waals surface area (Å²) in [6, 6.07) is 20.4. The maximum absolute atomic E-state index is 14.3. The van der Waals surface area contributed by atoms with Crippen molar-refractivity contribution in [3.05, 3.63) is 131 Å². The molecule has 0 fully saturated rings. The molecule has 7 nitrogen and oxygen atoms in total. The van der Waals surface area contributed by atoms with Crippen LogP contribution in [0.2, 0.25) is 10.0 Å². The molecule has 0 saturated carbocycles. The average Bonchev–Trinajstić information content (AvgIpc) is 3.54. The number of hydrogen-bond donors (Lipinski definition) is 0. The summed E-state index contributed by atoms with van der Waals surface area (Å²) in [4.78, 5) is 33.2. The van der Waals surface area contributed by atoms with E-state index in [0.29, 0.717) is 49.4 Å². The van der Waals surface area contributed by atoms with Gasteiger partial charge in [0.05, 0.1) is 45.6 Å². The number of benzene rings is 3. The number of halogens is 2. The SMILES string of the molecule is CCCC1=C(C(=O)OCC)[C@@H](c2cccc(OC)c2)n2c(s/c(=C/c3cn(Cc4ccc(Cl)c(Cl)c4)c4ccccc34)c2=O)=N1. The topological polar surface area (TPSA) is 74.8 Å². The molecule has 0 bridgehead atoms. The third-order valence-electron chi connectivity index (χ3n) is 7.74. The number of aromatic nitrogens is 2. The molecule has 0 spiro atoms. The number of fused-ring (bicyclic) bond motifs is 2. The first-order valence-electron chi connectivity index (χ1n) is 14.7. The van der Waals surface area contributed by atoms with Gasteiger partial charge in [-0.25, -0.2) is 9.79 Å². The van der Waals surface area contributed by atoms with Crippen LogP contribution in [0.1, 0.15) is 49.4 Å². The second-order valence-electron chi connectivity index (χ2n) is 10.7. The van der Waals surface area contributed by atoms with E-state index in [9.17, 15) is 9.59 Å². The van der Waals surface area contributed by atoms with E-state index in [1.54, 1.807) is 24.7 Å². The monoisotopic (exact) mass is 659 g/mol. The van der Waals surface area contributed by atoms with Crippen molar-refractivity contribution in [1.29, 1.82) is 0 Å². The molecule has 0 amide bonds. The Morgan fingerprint density at radius 3 is 2.62 bits per heavy atom. The summed E-state index contributed by atoms with van der Waals surface area (Å²) in [5.41, 5.74) is 4.44. The Morgan fingerprint density at radius 1 is 1.04 bits per heavy atom. The Bertz CT molecular complexity index is 2140. The summed E-state index contributed by atoms with van der Waals surface area (Å²) >= 11 is 13.8. The Balaban J connectivity index is 1.53. The maximum atomic E-state index is 14.3. The van der Waals surface area contributed by atoms with Crippen LogP contribution in [0.25, 0.3) is 17.0 Å². The van der Waals surface area contributed by atoms with Crippen molar-refractivity contribution in [3.63, 3.8) is 0 Å². The lowest BCUT2D eigenvalue weighted by atomic mass is 9.94. The van der Waals surface area contributed by atoms with Gasteiger partial charge in [-0.3, -0.25) is 9.36 Å². The standard InChI is InChI=1S/C35H31Cl2N3O4S/c1-4-9-28-31(34(42)44-5-2)32(22-10-8-11-24(17-22)43-3)40-33(41)30(45-35(40)38-28)18-23-20-39(29-13-7-6-12-25(23)29)19-21-14-15-26(36)27(37)16-21/h6-8,10-18,20,32H,4-5,9,19H2,1-3H3/b30-18+/t32-/m1/s1. The van der Waals surface area contributed by atoms with Crippen LogP contribution in [-0.2, 0) is 16.1 Å². The Morgan fingerprint density at radius 2 is 1.87 bits per heavy atom. The number of para-hydroxylation sites is 1. The maximum Gasteiger partial charge on any atom is 0.338 e. The van der Waals surface area contributed by atoms with E-state index < -0.39 is 12.0 Å². The largest absolute Gasteiger partial charge is 0.497 e. The van der Waals surface area contributed by atoms with Crippen molar-refractivity contribution in [2.45, 2.75) is 39.3 Å². The van der Waals surface area contributed by atoms with Gasteiger partial charge in [0.1, 0.15) is 5.75 Å². The van der Waals surface area contributed by atoms with Crippen molar-refractivity contribution >= 4 is 57.5 Å². The molecular formula is C35H31Cl2N3O4S. The van der Waals surface area contributed by atoms with Crippen LogP contribution >= 0.6 is 34.5 Å². The zero-order valence-corrected chi connectivity index (χ0v) is 27.4. The lowest BCUT2D eigenvalue weighted by Gasteiger charge is -2.26. The smallest absolute Gasteiger partial charge is 0.338 e. The number of nitrogens with zero attached hydrogens (tertiary/aromatic N) is 3. The van der Waals surface area contributed by atoms with Crippen LogP contribution in [0.3, 0.4) is 0 Å². The number of esters is 1. The molecule has 0 saturated heterocycles. The minimum atomic E-state index is -0.713. The van der Waals surface area contributed by atoms with Crippen molar-refractivity contribution in [2.24, 2.45) is 4.99 Å². The minimum absolute atomic E-state index is 0.212. The number of hydrogen-bond acceptors (Lipinski definition) is 6. The van der Waals surface area contributed by atoms with Crippen LogP contribution < -0.4 is 19.6 Å². The molecule has 3 heterocycles. The van der Waals surface area contributed by atoms with Crippen LogP contribution in [0.4, 0.5) is 0 Å². The highest BCUT2D eigenvalue weighted by molar-refractivity contribution is 7.07. The number of allylic oxidation sites excluding steroid dienone is 1. The predicted molar refractivity (Wildman–Crippen MR) is 180 cm³/mol. The Hall–Kier alpha value is -4.11. The Kier molecular flexibility index (Phi) is 8.99. The summed E-state index contributed by atoms with van der Waals surface area (Å²) in [6.07, 6.45) is 5.30. The van der Waals surface area contributed by atoms with Gasteiger partial charge in [0.15, 0.2) is 4.80 Å². The van der Waals surface area contributed by atoms with E-state index >= 15 is 0 Å². The number of methoxy groups -OCH3 is 1. The summed E-state index contributed by atoms with van der Waals surface area (Å²) in [5.74, 6) is 0.152. The molecule has 230 valence electrons. The number of rotatable bonds is 9. The zero-order valence-electron chi connectivity index (χ0n) is 25.1. The number of carbonyl (C=O) groups is 1. The molecule has 45 heavy (non-hydrogen) atoms. The van der Waals surface area contributed by atoms with E-state index in [1.165, 1.54) is 11.3 Å². The van der Waals surface area contributed by atoms with Crippen molar-refractivity contribution < 1.29 is 14.3 Å². The molecule has 3 aromatic carbocycles. The van der Waals surface area contributed by atoms with Gasteiger partial charge in [-0.15, -0.1) is 0 Å². The molecule has 1 aliphatic heterocycles. The summed E-state index contributed by atoms with van der Waals surface area (Å²) in [5, 5.41) is 2.02. The van der Waals surface area contributed by atoms with E-state index in [2.05, 4.69) is 10.6 Å². The van der Waals surface area contributed by atoms with Crippen molar-refractivity contribution in [3.8, 4) is 5.75 Å². The predicted octanol–water partition coefficient (Wildman–Crippen LogP) is 6.90. The fourth-order valence-electron chi connectivity index (χ4n) is 5.74. The van der Waals surface area contributed by atoms with Crippen molar-refractivity contribution in [1.82, 2.24) is 9.13 Å². The first-order valence-corrected chi connectivity index (χ1v) is 16.3. The number of ether oxygens (including phenoxy) is 2. The van der Waals surface area contributed by atoms with E-state index in [1.807, 2.05) is 73.8 Å². The van der Waals surface area contributed by atoms with Gasteiger partial charge >= 0.3 is 5.97 Å². The molecule has 0 radical (unpaired) electrons. The highest BCUT2D eigenvalue weighted by atomic mass is 35.5. The quantitative estimate of drug-likeness (QED) is 0.161. The summed E-state index contributed by atoms with van der Waals surface area (Å²) < 4.78 is 15.3. The molecular weight excluding hydrogens is 629 g/mol. The van der Waals surface area contributed by atoms with Gasteiger partial charge < -0.3 is 14.0 Å². The highest BCUT2D eigenvalue weighted by Crippen LogP contribution is 2.34. The van der Waals surface area contributed by atoms with E-state index in [4.69, 9.17) is 37.7 Å². The molecule has 2 aromatic heterocycles. The molecule has 0 N–H and O–H groups in total. The third kappa shape index (κ3) is 5.98. The molecule has 6 rings (SSSR count). The van der Waals surface area contributed by atoms with Gasteiger partial charge in [0, 0.05) is 29.2 Å². The average molecular weight is 661 g/mol. The normalized spacial score (nSPS) is 14.9. The molecule has 0 unspecified atom stereocenters. The van der Waals surface area contributed by atoms with Crippen LogP contribution in [0.5, 0.6) is 5.75 Å². The molecule has 1 atom stereocenters. The molecule has 5 aromatic rings. The van der Waals surface area contributed by atoms with Gasteiger partial charge in [0.2, 0.25) is 0 Å². The second kappa shape index (κ2) is 13.1. The first kappa shape index (κ1) is 30.9. The molecule has 1 aliphatic rings. The Labute approximate surface area is 274 Å². The summed E-state index contributed by atoms with van der Waals surface area (Å²) in [6.45, 7) is 4.59. The minimum Gasteiger partial charge on any atom is -0.497 e. The van der Waals surface area contributed by atoms with Gasteiger partial charge in [-0.05, 0) is 60.9 Å². The van der Waals surface area contributed by atoms with Crippen LogP contribution in [0, 0.1) is 0 Å². The van der Waals surface area contributed by atoms with Crippen molar-refractivity contribution in [2.75, 3.05) is 13.7 Å².